The van der Waals surface area contributed by atoms with E-state index in [-0.39, 0.29) is 6.29 Å². The molecule has 0 atom stereocenters. The number of rotatable bonds is 4. The van der Waals surface area contributed by atoms with Crippen molar-refractivity contribution in [1.29, 1.82) is 0 Å². The van der Waals surface area contributed by atoms with Crippen molar-refractivity contribution in [2.75, 3.05) is 25.2 Å². The van der Waals surface area contributed by atoms with Crippen molar-refractivity contribution in [1.82, 2.24) is 0 Å². The molecule has 3 heteroatoms. The fraction of sp³-hybridized carbons (Fsp3) is 0.294. The van der Waals surface area contributed by atoms with Gasteiger partial charge in [0.15, 0.2) is 6.29 Å². The van der Waals surface area contributed by atoms with Gasteiger partial charge in [-0.2, -0.15) is 0 Å². The number of benzene rings is 2. The molecule has 0 bridgehead atoms. The Morgan fingerprint density at radius 3 is 2.50 bits per heavy atom. The van der Waals surface area contributed by atoms with Gasteiger partial charge in [-0.25, -0.2) is 0 Å². The Morgan fingerprint density at radius 1 is 1.00 bits per heavy atom. The molecule has 1 heterocycles. The number of ether oxygens (including phenoxy) is 2. The Morgan fingerprint density at radius 2 is 1.75 bits per heavy atom. The molecule has 0 aliphatic carbocycles. The summed E-state index contributed by atoms with van der Waals surface area (Å²) in [4.78, 5) is 2.23. The third-order valence-corrected chi connectivity index (χ3v) is 3.47. The molecule has 0 N–H and O–H groups in total. The summed E-state index contributed by atoms with van der Waals surface area (Å²) >= 11 is 0. The monoisotopic (exact) mass is 269 g/mol. The van der Waals surface area contributed by atoms with E-state index in [2.05, 4.69) is 60.5 Å². The average molecular weight is 269 g/mol. The van der Waals surface area contributed by atoms with Gasteiger partial charge in [0.05, 0.1) is 13.2 Å². The van der Waals surface area contributed by atoms with E-state index in [0.717, 1.165) is 12.1 Å². The van der Waals surface area contributed by atoms with Crippen LogP contribution in [-0.4, -0.2) is 20.3 Å². The Labute approximate surface area is 119 Å². The standard InChI is InChI=1S/C17H19NO2/c1-18(13-14-6-3-2-4-7-14)16-9-5-8-15(12-16)17-19-10-11-20-17/h2-9,12,17H,10-11,13H2,1H3. The molecule has 0 unspecified atom stereocenters. The Kier molecular flexibility index (Phi) is 4.00. The fourth-order valence-corrected chi connectivity index (χ4v) is 2.41. The van der Waals surface area contributed by atoms with Gasteiger partial charge in [-0.3, -0.25) is 0 Å². The van der Waals surface area contributed by atoms with Gasteiger partial charge in [-0.1, -0.05) is 42.5 Å². The van der Waals surface area contributed by atoms with E-state index >= 15 is 0 Å². The molecule has 1 fully saturated rings. The summed E-state index contributed by atoms with van der Waals surface area (Å²) in [6, 6.07) is 18.8. The molecule has 0 saturated carbocycles. The second kappa shape index (κ2) is 6.07. The van der Waals surface area contributed by atoms with Crippen LogP contribution in [0.25, 0.3) is 0 Å². The van der Waals surface area contributed by atoms with Gasteiger partial charge < -0.3 is 14.4 Å². The zero-order valence-electron chi connectivity index (χ0n) is 11.7. The predicted molar refractivity (Wildman–Crippen MR) is 79.6 cm³/mol. The molecular weight excluding hydrogens is 250 g/mol. The van der Waals surface area contributed by atoms with E-state index < -0.39 is 0 Å². The van der Waals surface area contributed by atoms with Crippen LogP contribution in [0.2, 0.25) is 0 Å². The molecule has 0 radical (unpaired) electrons. The lowest BCUT2D eigenvalue weighted by atomic mass is 10.1. The lowest BCUT2D eigenvalue weighted by Crippen LogP contribution is -2.16. The summed E-state index contributed by atoms with van der Waals surface area (Å²) in [5, 5.41) is 0. The molecular formula is C17H19NO2. The maximum absolute atomic E-state index is 5.55. The van der Waals surface area contributed by atoms with Gasteiger partial charge >= 0.3 is 0 Å². The highest BCUT2D eigenvalue weighted by Crippen LogP contribution is 2.26. The molecule has 2 aromatic rings. The Balaban J connectivity index is 1.74. The third kappa shape index (κ3) is 3.00. The van der Waals surface area contributed by atoms with E-state index in [1.54, 1.807) is 0 Å². The highest BCUT2D eigenvalue weighted by molar-refractivity contribution is 5.48. The fourth-order valence-electron chi connectivity index (χ4n) is 2.41. The third-order valence-electron chi connectivity index (χ3n) is 3.47. The van der Waals surface area contributed by atoms with E-state index in [1.807, 2.05) is 6.07 Å². The lowest BCUT2D eigenvalue weighted by molar-refractivity contribution is -0.0440. The van der Waals surface area contributed by atoms with E-state index in [4.69, 9.17) is 9.47 Å². The highest BCUT2D eigenvalue weighted by Gasteiger charge is 2.18. The summed E-state index contributed by atoms with van der Waals surface area (Å²) in [5.74, 6) is 0. The van der Waals surface area contributed by atoms with Crippen LogP contribution in [-0.2, 0) is 16.0 Å². The lowest BCUT2D eigenvalue weighted by Gasteiger charge is -2.21. The highest BCUT2D eigenvalue weighted by atomic mass is 16.7. The van der Waals surface area contributed by atoms with Gasteiger partial charge in [-0.15, -0.1) is 0 Å². The number of hydrogen-bond donors (Lipinski definition) is 0. The van der Waals surface area contributed by atoms with Crippen molar-refractivity contribution in [2.24, 2.45) is 0 Å². The molecule has 1 saturated heterocycles. The first kappa shape index (κ1) is 13.2. The van der Waals surface area contributed by atoms with E-state index in [0.29, 0.717) is 13.2 Å². The molecule has 0 spiro atoms. The molecule has 3 nitrogen and oxygen atoms in total. The van der Waals surface area contributed by atoms with Gasteiger partial charge in [-0.05, 0) is 17.7 Å². The summed E-state index contributed by atoms with van der Waals surface area (Å²) in [5.41, 5.74) is 3.55. The van der Waals surface area contributed by atoms with Crippen molar-refractivity contribution in [3.8, 4) is 0 Å². The first-order valence-electron chi connectivity index (χ1n) is 6.91. The average Bonchev–Trinajstić information content (AvgIpc) is 3.03. The van der Waals surface area contributed by atoms with Gasteiger partial charge in [0.2, 0.25) is 0 Å². The zero-order valence-corrected chi connectivity index (χ0v) is 11.7. The topological polar surface area (TPSA) is 21.7 Å². The smallest absolute Gasteiger partial charge is 0.184 e. The number of anilines is 1. The van der Waals surface area contributed by atoms with Crippen LogP contribution in [0.15, 0.2) is 54.6 Å². The van der Waals surface area contributed by atoms with E-state index in [9.17, 15) is 0 Å². The molecule has 104 valence electrons. The zero-order chi connectivity index (χ0) is 13.8. The summed E-state index contributed by atoms with van der Waals surface area (Å²) < 4.78 is 11.1. The minimum absolute atomic E-state index is 0.208. The van der Waals surface area contributed by atoms with Crippen LogP contribution >= 0.6 is 0 Å². The van der Waals surface area contributed by atoms with Crippen molar-refractivity contribution < 1.29 is 9.47 Å². The summed E-state index contributed by atoms with van der Waals surface area (Å²) in [7, 11) is 2.10. The van der Waals surface area contributed by atoms with Gasteiger partial charge in [0.25, 0.3) is 0 Å². The minimum Gasteiger partial charge on any atom is -0.370 e. The molecule has 0 amide bonds. The number of hydrogen-bond acceptors (Lipinski definition) is 3. The molecule has 1 aliphatic heterocycles. The summed E-state index contributed by atoms with van der Waals surface area (Å²) in [6.07, 6.45) is -0.208. The molecule has 2 aromatic carbocycles. The quantitative estimate of drug-likeness (QED) is 0.849. The van der Waals surface area contributed by atoms with Crippen molar-refractivity contribution in [2.45, 2.75) is 12.8 Å². The molecule has 3 rings (SSSR count). The van der Waals surface area contributed by atoms with Crippen LogP contribution in [0.4, 0.5) is 5.69 Å². The SMILES string of the molecule is CN(Cc1ccccc1)c1cccc(C2OCCO2)c1. The maximum Gasteiger partial charge on any atom is 0.184 e. The van der Waals surface area contributed by atoms with Crippen LogP contribution in [0.1, 0.15) is 17.4 Å². The largest absolute Gasteiger partial charge is 0.370 e. The van der Waals surface area contributed by atoms with Crippen LogP contribution in [0.5, 0.6) is 0 Å². The predicted octanol–water partition coefficient (Wildman–Crippen LogP) is 3.37. The van der Waals surface area contributed by atoms with Crippen molar-refractivity contribution in [3.63, 3.8) is 0 Å². The van der Waals surface area contributed by atoms with Crippen LogP contribution < -0.4 is 4.90 Å². The first-order chi connectivity index (χ1) is 9.83. The van der Waals surface area contributed by atoms with Crippen LogP contribution in [0.3, 0.4) is 0 Å². The maximum atomic E-state index is 5.55. The molecule has 20 heavy (non-hydrogen) atoms. The second-order valence-corrected chi connectivity index (χ2v) is 5.01. The first-order valence-corrected chi connectivity index (χ1v) is 6.91. The van der Waals surface area contributed by atoms with Gasteiger partial charge in [0, 0.05) is 24.8 Å². The minimum atomic E-state index is -0.208. The van der Waals surface area contributed by atoms with E-state index in [1.165, 1.54) is 11.3 Å². The molecule has 0 aromatic heterocycles. The number of nitrogens with zero attached hydrogens (tertiary/aromatic N) is 1. The van der Waals surface area contributed by atoms with Crippen molar-refractivity contribution >= 4 is 5.69 Å². The molecule has 1 aliphatic rings. The van der Waals surface area contributed by atoms with Crippen LogP contribution in [0, 0.1) is 0 Å². The Hall–Kier alpha value is -1.84. The van der Waals surface area contributed by atoms with Crippen molar-refractivity contribution in [3.05, 3.63) is 65.7 Å². The normalized spacial score (nSPS) is 15.4. The Bertz CT molecular complexity index is 550. The second-order valence-electron chi connectivity index (χ2n) is 5.01. The summed E-state index contributed by atoms with van der Waals surface area (Å²) in [6.45, 7) is 2.24. The van der Waals surface area contributed by atoms with Gasteiger partial charge in [0.1, 0.15) is 0 Å².